The number of thioether (sulfide) groups is 1. The van der Waals surface area contributed by atoms with Gasteiger partial charge in [-0.15, -0.1) is 11.8 Å². The third-order valence-electron chi connectivity index (χ3n) is 5.58. The van der Waals surface area contributed by atoms with E-state index in [-0.39, 0.29) is 29.4 Å². The molecular weight excluding hydrogens is 436 g/mol. The van der Waals surface area contributed by atoms with Crippen molar-refractivity contribution in [2.24, 2.45) is 0 Å². The van der Waals surface area contributed by atoms with Crippen molar-refractivity contribution in [3.8, 4) is 11.3 Å². The molecule has 0 bridgehead atoms. The molecule has 1 aromatic heterocycles. The lowest BCUT2D eigenvalue weighted by molar-refractivity contribution is -0.127. The molecule has 0 atom stereocenters. The van der Waals surface area contributed by atoms with E-state index < -0.39 is 11.6 Å². The van der Waals surface area contributed by atoms with Gasteiger partial charge in [0.05, 0.1) is 23.0 Å². The number of rotatable bonds is 4. The number of benzene rings is 1. The average molecular weight is 460 g/mol. The predicted molar refractivity (Wildman–Crippen MR) is 119 cm³/mol. The van der Waals surface area contributed by atoms with Crippen molar-refractivity contribution in [2.45, 2.75) is 25.3 Å². The second-order valence-electron chi connectivity index (χ2n) is 7.71. The van der Waals surface area contributed by atoms with E-state index in [0.717, 1.165) is 35.3 Å². The van der Waals surface area contributed by atoms with Crippen molar-refractivity contribution in [3.63, 3.8) is 0 Å². The van der Waals surface area contributed by atoms with Crippen molar-refractivity contribution in [2.75, 3.05) is 31.2 Å². The number of carbonyl (C=O) groups is 2. The van der Waals surface area contributed by atoms with Crippen LogP contribution in [0.25, 0.3) is 11.3 Å². The number of hydrogen-bond donors (Lipinski definition) is 1. The van der Waals surface area contributed by atoms with Crippen LogP contribution in [-0.4, -0.2) is 63.6 Å². The zero-order valence-electron chi connectivity index (χ0n) is 17.6. The van der Waals surface area contributed by atoms with E-state index >= 15 is 0 Å². The first-order valence-corrected chi connectivity index (χ1v) is 11.3. The molecule has 7 nitrogen and oxygen atoms in total. The van der Waals surface area contributed by atoms with Crippen molar-refractivity contribution in [3.05, 3.63) is 53.2 Å². The van der Waals surface area contributed by atoms with Crippen molar-refractivity contribution in [1.29, 1.82) is 0 Å². The Morgan fingerprint density at radius 2 is 1.84 bits per heavy atom. The molecule has 0 unspecified atom stereocenters. The Bertz CT molecular complexity index is 1020. The normalized spacial score (nSPS) is 16.6. The molecule has 10 heteroatoms. The first-order chi connectivity index (χ1) is 15.4. The number of anilines is 1. The van der Waals surface area contributed by atoms with Crippen molar-refractivity contribution >= 4 is 29.5 Å². The molecule has 0 radical (unpaired) electrons. The van der Waals surface area contributed by atoms with Crippen molar-refractivity contribution < 1.29 is 18.4 Å². The molecule has 2 aliphatic heterocycles. The summed E-state index contributed by atoms with van der Waals surface area (Å²) in [5.74, 6) is -0.116. The van der Waals surface area contributed by atoms with Gasteiger partial charge in [0.25, 0.3) is 5.91 Å². The summed E-state index contributed by atoms with van der Waals surface area (Å²) in [7, 11) is 1.71. The first-order valence-electron chi connectivity index (χ1n) is 10.4. The van der Waals surface area contributed by atoms with Gasteiger partial charge in [-0.05, 0) is 31.4 Å². The van der Waals surface area contributed by atoms with E-state index in [1.54, 1.807) is 23.7 Å². The smallest absolute Gasteiger partial charge is 0.323 e. The number of carbonyl (C=O) groups excluding carboxylic acids is 2. The van der Waals surface area contributed by atoms with Crippen LogP contribution in [-0.2, 0) is 4.79 Å². The fourth-order valence-electron chi connectivity index (χ4n) is 3.79. The lowest BCUT2D eigenvalue weighted by atomic mass is 10.0. The molecule has 0 saturated carbocycles. The molecule has 168 valence electrons. The Kier molecular flexibility index (Phi) is 6.69. The topological polar surface area (TPSA) is 78.4 Å². The van der Waals surface area contributed by atoms with Crippen LogP contribution < -0.4 is 5.32 Å². The van der Waals surface area contributed by atoms with E-state index in [2.05, 4.69) is 15.3 Å². The van der Waals surface area contributed by atoms with E-state index in [9.17, 15) is 18.4 Å². The molecule has 0 aliphatic carbocycles. The van der Waals surface area contributed by atoms with Crippen LogP contribution in [0.1, 0.15) is 19.3 Å². The van der Waals surface area contributed by atoms with Crippen molar-refractivity contribution in [1.82, 2.24) is 19.8 Å². The number of piperidine rings is 1. The largest absolute Gasteiger partial charge is 0.338 e. The maximum Gasteiger partial charge on any atom is 0.323 e. The lowest BCUT2D eigenvalue weighted by Crippen LogP contribution is -2.48. The summed E-state index contributed by atoms with van der Waals surface area (Å²) in [5, 5.41) is 2.69. The first kappa shape index (κ1) is 22.2. The summed E-state index contributed by atoms with van der Waals surface area (Å²) in [6.45, 7) is 1.22. The van der Waals surface area contributed by atoms with Gasteiger partial charge in [0.15, 0.2) is 5.82 Å². The summed E-state index contributed by atoms with van der Waals surface area (Å²) in [6, 6.07) is 2.79. The molecule has 2 aliphatic rings. The van der Waals surface area contributed by atoms with Gasteiger partial charge in [-0.2, -0.15) is 0 Å². The SMILES string of the molecule is CN(C(=O)Nc1cnc(-c2cc(F)cc(F)c2)cn1)C1CCN(C(=O)C2=CCCS2)CC1. The molecular formula is C22H23F2N5O2S. The molecule has 1 N–H and O–H groups in total. The molecule has 32 heavy (non-hydrogen) atoms. The fourth-order valence-corrected chi connectivity index (χ4v) is 4.73. The zero-order chi connectivity index (χ0) is 22.7. The standard InChI is InChI=1S/C22H23F2N5O2S/c1-28(17-4-6-29(7-5-17)21(30)19-3-2-8-32-19)22(31)27-20-13-25-18(12-26-20)14-9-15(23)11-16(24)10-14/h3,9-13,17H,2,4-8H2,1H3,(H,26,27,31). The molecule has 1 fully saturated rings. The molecule has 3 amide bonds. The Morgan fingerprint density at radius 1 is 1.12 bits per heavy atom. The van der Waals surface area contributed by atoms with Gasteiger partial charge in [0, 0.05) is 43.6 Å². The van der Waals surface area contributed by atoms with E-state index in [4.69, 9.17) is 0 Å². The lowest BCUT2D eigenvalue weighted by Gasteiger charge is -2.36. The summed E-state index contributed by atoms with van der Waals surface area (Å²) in [6.07, 6.45) is 7.03. The van der Waals surface area contributed by atoms with Gasteiger partial charge in [0.1, 0.15) is 11.6 Å². The summed E-state index contributed by atoms with van der Waals surface area (Å²) >= 11 is 1.60. The second-order valence-corrected chi connectivity index (χ2v) is 8.85. The molecule has 4 rings (SSSR count). The van der Waals surface area contributed by atoms with E-state index in [0.29, 0.717) is 31.6 Å². The highest BCUT2D eigenvalue weighted by molar-refractivity contribution is 8.04. The second kappa shape index (κ2) is 9.64. The molecule has 1 saturated heterocycles. The van der Waals surface area contributed by atoms with Crippen LogP contribution in [0.15, 0.2) is 41.6 Å². The number of hydrogen-bond acceptors (Lipinski definition) is 5. The number of halogens is 2. The zero-order valence-corrected chi connectivity index (χ0v) is 18.4. The van der Waals surface area contributed by atoms with Gasteiger partial charge in [-0.25, -0.2) is 18.6 Å². The Morgan fingerprint density at radius 3 is 2.44 bits per heavy atom. The van der Waals surface area contributed by atoms with Crippen LogP contribution >= 0.6 is 11.8 Å². The molecule has 3 heterocycles. The Labute approximate surface area is 188 Å². The molecule has 2 aromatic rings. The van der Waals surface area contributed by atoms with Gasteiger partial charge >= 0.3 is 6.03 Å². The number of nitrogens with one attached hydrogen (secondary N) is 1. The van der Waals surface area contributed by atoms with Crippen LogP contribution in [0.4, 0.5) is 19.4 Å². The van der Waals surface area contributed by atoms with Crippen LogP contribution in [0.2, 0.25) is 0 Å². The third kappa shape index (κ3) is 5.07. The van der Waals surface area contributed by atoms with Gasteiger partial charge in [0.2, 0.25) is 0 Å². The van der Waals surface area contributed by atoms with Gasteiger partial charge in [-0.1, -0.05) is 6.08 Å². The minimum Gasteiger partial charge on any atom is -0.338 e. The highest BCUT2D eigenvalue weighted by Gasteiger charge is 2.29. The Hall–Kier alpha value is -3.01. The average Bonchev–Trinajstić information content (AvgIpc) is 3.33. The number of likely N-dealkylation sites (tertiary alicyclic amines) is 1. The number of aromatic nitrogens is 2. The minimum absolute atomic E-state index is 0.00626. The highest BCUT2D eigenvalue weighted by Crippen LogP contribution is 2.28. The van der Waals surface area contributed by atoms with E-state index in [1.807, 2.05) is 11.0 Å². The molecule has 1 aromatic carbocycles. The number of amides is 3. The van der Waals surface area contributed by atoms with Crippen LogP contribution in [0.5, 0.6) is 0 Å². The maximum absolute atomic E-state index is 13.4. The predicted octanol–water partition coefficient (Wildman–Crippen LogP) is 3.90. The summed E-state index contributed by atoms with van der Waals surface area (Å²) in [5.41, 5.74) is 0.556. The summed E-state index contributed by atoms with van der Waals surface area (Å²) < 4.78 is 26.8. The van der Waals surface area contributed by atoms with Gasteiger partial charge in [-0.3, -0.25) is 15.1 Å². The van der Waals surface area contributed by atoms with Crippen LogP contribution in [0, 0.1) is 11.6 Å². The quantitative estimate of drug-likeness (QED) is 0.750. The van der Waals surface area contributed by atoms with E-state index in [1.165, 1.54) is 12.4 Å². The fraction of sp³-hybridized carbons (Fsp3) is 0.364. The Balaban J connectivity index is 1.31. The van der Waals surface area contributed by atoms with Crippen LogP contribution in [0.3, 0.4) is 0 Å². The molecule has 0 spiro atoms. The number of nitrogens with zero attached hydrogens (tertiary/aromatic N) is 4. The monoisotopic (exact) mass is 459 g/mol. The maximum atomic E-state index is 13.4. The number of urea groups is 1. The highest BCUT2D eigenvalue weighted by atomic mass is 32.2. The summed E-state index contributed by atoms with van der Waals surface area (Å²) in [4.78, 5) is 37.7. The third-order valence-corrected chi connectivity index (χ3v) is 6.67. The van der Waals surface area contributed by atoms with Gasteiger partial charge < -0.3 is 9.80 Å². The minimum atomic E-state index is -0.702. The number of allylic oxidation sites excluding steroid dienone is 1.